The minimum Gasteiger partial charge on any atom is -0.480 e. The minimum absolute atomic E-state index is 0.144. The highest BCUT2D eigenvalue weighted by molar-refractivity contribution is 5.98. The summed E-state index contributed by atoms with van der Waals surface area (Å²) in [5, 5.41) is 8.96. The number of benzene rings is 1. The Balaban J connectivity index is 2.18. The fraction of sp³-hybridized carbons (Fsp3) is 0.133. The molecule has 0 aliphatic rings. The predicted octanol–water partition coefficient (Wildman–Crippen LogP) is 1.74. The van der Waals surface area contributed by atoms with Crippen LogP contribution in [0.2, 0.25) is 0 Å². The first-order valence-corrected chi connectivity index (χ1v) is 6.13. The van der Waals surface area contributed by atoms with Gasteiger partial charge in [-0.1, -0.05) is 18.2 Å². The normalized spacial score (nSPS) is 10.0. The van der Waals surface area contributed by atoms with Crippen molar-refractivity contribution in [2.75, 3.05) is 11.4 Å². The second-order valence-electron chi connectivity index (χ2n) is 4.24. The van der Waals surface area contributed by atoms with E-state index in [9.17, 15) is 9.59 Å². The number of amides is 1. The summed E-state index contributed by atoms with van der Waals surface area (Å²) in [7, 11) is 0. The minimum atomic E-state index is -1.04. The predicted molar refractivity (Wildman–Crippen MR) is 74.4 cm³/mol. The Hall–Kier alpha value is -2.69. The molecule has 0 aliphatic heterocycles. The lowest BCUT2D eigenvalue weighted by Crippen LogP contribution is -2.36. The number of para-hydroxylation sites is 1. The molecule has 5 nitrogen and oxygen atoms in total. The average molecular weight is 270 g/mol. The number of pyridine rings is 1. The number of aromatic nitrogens is 1. The summed E-state index contributed by atoms with van der Waals surface area (Å²) in [5.74, 6) is -1.30. The molecule has 0 unspecified atom stereocenters. The van der Waals surface area contributed by atoms with Crippen LogP contribution < -0.4 is 4.90 Å². The van der Waals surface area contributed by atoms with Gasteiger partial charge in [0.15, 0.2) is 0 Å². The van der Waals surface area contributed by atoms with Gasteiger partial charge in [0.2, 0.25) is 5.91 Å². The first-order chi connectivity index (χ1) is 9.66. The van der Waals surface area contributed by atoms with Gasteiger partial charge in [0.25, 0.3) is 0 Å². The molecule has 20 heavy (non-hydrogen) atoms. The van der Waals surface area contributed by atoms with E-state index in [4.69, 9.17) is 5.11 Å². The molecule has 0 atom stereocenters. The van der Waals surface area contributed by atoms with Crippen molar-refractivity contribution in [2.45, 2.75) is 6.42 Å². The van der Waals surface area contributed by atoms with Crippen LogP contribution in [0.1, 0.15) is 5.56 Å². The highest BCUT2D eigenvalue weighted by atomic mass is 16.4. The summed E-state index contributed by atoms with van der Waals surface area (Å²) >= 11 is 0. The van der Waals surface area contributed by atoms with E-state index in [0.717, 1.165) is 5.56 Å². The van der Waals surface area contributed by atoms with Crippen LogP contribution in [0.4, 0.5) is 5.69 Å². The Labute approximate surface area is 116 Å². The smallest absolute Gasteiger partial charge is 0.323 e. The fourth-order valence-electron chi connectivity index (χ4n) is 1.84. The van der Waals surface area contributed by atoms with E-state index in [1.54, 1.807) is 48.8 Å². The molecule has 1 amide bonds. The van der Waals surface area contributed by atoms with Crippen LogP contribution in [0.5, 0.6) is 0 Å². The average Bonchev–Trinajstić information content (AvgIpc) is 2.46. The van der Waals surface area contributed by atoms with E-state index in [2.05, 4.69) is 4.98 Å². The number of carboxylic acid groups (broad SMARTS) is 1. The Morgan fingerprint density at radius 3 is 2.30 bits per heavy atom. The highest BCUT2D eigenvalue weighted by Gasteiger charge is 2.18. The van der Waals surface area contributed by atoms with Gasteiger partial charge in [0.1, 0.15) is 6.54 Å². The SMILES string of the molecule is O=C(O)CN(C(=O)Cc1ccncc1)c1ccccc1. The number of carbonyl (C=O) groups excluding carboxylic acids is 1. The standard InChI is InChI=1S/C15H14N2O3/c18-14(10-12-6-8-16-9-7-12)17(11-15(19)20)13-4-2-1-3-5-13/h1-9H,10-11H2,(H,19,20). The van der Waals surface area contributed by atoms with Gasteiger partial charge in [-0.25, -0.2) is 0 Å². The molecular weight excluding hydrogens is 256 g/mol. The molecule has 0 fully saturated rings. The summed E-state index contributed by atoms with van der Waals surface area (Å²) in [4.78, 5) is 28.4. The van der Waals surface area contributed by atoms with Crippen LogP contribution in [0, 0.1) is 0 Å². The van der Waals surface area contributed by atoms with Crippen molar-refractivity contribution in [2.24, 2.45) is 0 Å². The van der Waals surface area contributed by atoms with Crippen LogP contribution in [-0.4, -0.2) is 28.5 Å². The van der Waals surface area contributed by atoms with E-state index < -0.39 is 5.97 Å². The van der Waals surface area contributed by atoms with Gasteiger partial charge in [0.05, 0.1) is 6.42 Å². The quantitative estimate of drug-likeness (QED) is 0.898. The largest absolute Gasteiger partial charge is 0.480 e. The van der Waals surface area contributed by atoms with Crippen molar-refractivity contribution in [3.05, 3.63) is 60.4 Å². The second kappa shape index (κ2) is 6.47. The highest BCUT2D eigenvalue weighted by Crippen LogP contribution is 2.14. The Morgan fingerprint density at radius 1 is 1.05 bits per heavy atom. The monoisotopic (exact) mass is 270 g/mol. The molecule has 102 valence electrons. The van der Waals surface area contributed by atoms with Crippen LogP contribution in [0.15, 0.2) is 54.9 Å². The first-order valence-electron chi connectivity index (χ1n) is 6.13. The van der Waals surface area contributed by atoms with Gasteiger partial charge in [-0.2, -0.15) is 0 Å². The lowest BCUT2D eigenvalue weighted by molar-refractivity contribution is -0.136. The molecule has 1 heterocycles. The van der Waals surface area contributed by atoms with Crippen molar-refractivity contribution < 1.29 is 14.7 Å². The molecule has 0 aliphatic carbocycles. The third-order valence-electron chi connectivity index (χ3n) is 2.77. The van der Waals surface area contributed by atoms with Crippen molar-refractivity contribution in [1.29, 1.82) is 0 Å². The zero-order chi connectivity index (χ0) is 14.4. The maximum atomic E-state index is 12.3. The van der Waals surface area contributed by atoms with Gasteiger partial charge >= 0.3 is 5.97 Å². The number of rotatable bonds is 5. The van der Waals surface area contributed by atoms with Gasteiger partial charge in [-0.05, 0) is 29.8 Å². The number of hydrogen-bond acceptors (Lipinski definition) is 3. The van der Waals surface area contributed by atoms with Crippen LogP contribution in [0.25, 0.3) is 0 Å². The van der Waals surface area contributed by atoms with E-state index in [-0.39, 0.29) is 18.9 Å². The topological polar surface area (TPSA) is 70.5 Å². The van der Waals surface area contributed by atoms with Crippen molar-refractivity contribution in [1.82, 2.24) is 4.98 Å². The number of nitrogens with zero attached hydrogens (tertiary/aromatic N) is 2. The molecule has 1 aromatic carbocycles. The van der Waals surface area contributed by atoms with Crippen molar-refractivity contribution >= 4 is 17.6 Å². The third-order valence-corrected chi connectivity index (χ3v) is 2.77. The lowest BCUT2D eigenvalue weighted by Gasteiger charge is -2.20. The van der Waals surface area contributed by atoms with Crippen LogP contribution in [-0.2, 0) is 16.0 Å². The van der Waals surface area contributed by atoms with Gasteiger partial charge in [0, 0.05) is 18.1 Å². The zero-order valence-corrected chi connectivity index (χ0v) is 10.8. The maximum absolute atomic E-state index is 12.3. The van der Waals surface area contributed by atoms with Crippen molar-refractivity contribution in [3.8, 4) is 0 Å². The van der Waals surface area contributed by atoms with Gasteiger partial charge in [-0.3, -0.25) is 14.6 Å². The number of hydrogen-bond donors (Lipinski definition) is 1. The first kappa shape index (κ1) is 13.7. The summed E-state index contributed by atoms with van der Waals surface area (Å²) in [5.41, 5.74) is 1.38. The number of aliphatic carboxylic acids is 1. The van der Waals surface area contributed by atoms with E-state index in [0.29, 0.717) is 5.69 Å². The molecule has 0 saturated heterocycles. The van der Waals surface area contributed by atoms with E-state index >= 15 is 0 Å². The number of carboxylic acids is 1. The summed E-state index contributed by atoms with van der Waals surface area (Å²) in [6, 6.07) is 12.3. The Kier molecular flexibility index (Phi) is 4.44. The Bertz CT molecular complexity index is 585. The van der Waals surface area contributed by atoms with E-state index in [1.807, 2.05) is 6.07 Å². The van der Waals surface area contributed by atoms with Crippen LogP contribution in [0.3, 0.4) is 0 Å². The molecule has 2 rings (SSSR count). The molecule has 2 aromatic rings. The molecule has 1 aromatic heterocycles. The summed E-state index contributed by atoms with van der Waals surface area (Å²) in [6.45, 7) is -0.353. The maximum Gasteiger partial charge on any atom is 0.323 e. The molecule has 1 N–H and O–H groups in total. The fourth-order valence-corrected chi connectivity index (χ4v) is 1.84. The van der Waals surface area contributed by atoms with Crippen LogP contribution >= 0.6 is 0 Å². The molecule has 5 heteroatoms. The number of anilines is 1. The molecule has 0 saturated carbocycles. The summed E-state index contributed by atoms with van der Waals surface area (Å²) in [6.07, 6.45) is 3.35. The van der Waals surface area contributed by atoms with E-state index in [1.165, 1.54) is 4.90 Å². The molecular formula is C15H14N2O3. The van der Waals surface area contributed by atoms with Gasteiger partial charge < -0.3 is 10.0 Å². The van der Waals surface area contributed by atoms with Crippen molar-refractivity contribution in [3.63, 3.8) is 0 Å². The lowest BCUT2D eigenvalue weighted by atomic mass is 10.1. The number of carbonyl (C=O) groups is 2. The Morgan fingerprint density at radius 2 is 1.70 bits per heavy atom. The third kappa shape index (κ3) is 3.65. The molecule has 0 radical (unpaired) electrons. The summed E-state index contributed by atoms with van der Waals surface area (Å²) < 4.78 is 0. The zero-order valence-electron chi connectivity index (χ0n) is 10.8. The molecule has 0 bridgehead atoms. The molecule has 0 spiro atoms. The second-order valence-corrected chi connectivity index (χ2v) is 4.24. The van der Waals surface area contributed by atoms with Gasteiger partial charge in [-0.15, -0.1) is 0 Å².